The Bertz CT molecular complexity index is 1310. The third-order valence-electron chi connectivity index (χ3n) is 4.06. The molecule has 0 aliphatic heterocycles. The van der Waals surface area contributed by atoms with Crippen LogP contribution >= 0.6 is 11.6 Å². The van der Waals surface area contributed by atoms with Crippen molar-refractivity contribution in [2.75, 3.05) is 9.44 Å². The second-order valence-electron chi connectivity index (χ2n) is 6.27. The Morgan fingerprint density at radius 1 is 0.733 bits per heavy atom. The Morgan fingerprint density at radius 3 is 1.93 bits per heavy atom. The van der Waals surface area contributed by atoms with Crippen molar-refractivity contribution >= 4 is 43.0 Å². The lowest BCUT2D eigenvalue weighted by Gasteiger charge is -2.14. The van der Waals surface area contributed by atoms with E-state index in [1.165, 1.54) is 36.4 Å². The van der Waals surface area contributed by atoms with Gasteiger partial charge < -0.3 is 0 Å². The summed E-state index contributed by atoms with van der Waals surface area (Å²) < 4.78 is 81.4. The first-order valence-corrected chi connectivity index (χ1v) is 11.7. The standard InChI is InChI=1S/C19H15ClF2N2O4S2/c1-12-2-7-16(29(25,26)23-14-5-3-13(20)4-6-14)11-19(12)24-30(27,28)15-8-9-17(21)18(22)10-15/h2-11,23-24H,1H3. The summed E-state index contributed by atoms with van der Waals surface area (Å²) in [5.41, 5.74) is 0.661. The summed E-state index contributed by atoms with van der Waals surface area (Å²) >= 11 is 5.78. The minimum absolute atomic E-state index is 0.0290. The predicted octanol–water partition coefficient (Wildman–Crippen LogP) is 4.53. The van der Waals surface area contributed by atoms with Crippen molar-refractivity contribution in [3.05, 3.63) is 82.9 Å². The smallest absolute Gasteiger partial charge is 0.262 e. The predicted molar refractivity (Wildman–Crippen MR) is 111 cm³/mol. The number of aryl methyl sites for hydroxylation is 1. The molecule has 2 N–H and O–H groups in total. The fourth-order valence-corrected chi connectivity index (χ4v) is 4.80. The average molecular weight is 473 g/mol. The molecule has 158 valence electrons. The van der Waals surface area contributed by atoms with Crippen molar-refractivity contribution in [1.82, 2.24) is 0 Å². The summed E-state index contributed by atoms with van der Waals surface area (Å²) in [5, 5.41) is 0.433. The highest BCUT2D eigenvalue weighted by molar-refractivity contribution is 7.93. The van der Waals surface area contributed by atoms with Gasteiger partial charge in [0.1, 0.15) is 0 Å². The van der Waals surface area contributed by atoms with E-state index >= 15 is 0 Å². The van der Waals surface area contributed by atoms with E-state index < -0.39 is 36.6 Å². The van der Waals surface area contributed by atoms with E-state index in [-0.39, 0.29) is 16.3 Å². The molecule has 0 spiro atoms. The molecule has 3 aromatic rings. The van der Waals surface area contributed by atoms with Crippen molar-refractivity contribution in [3.8, 4) is 0 Å². The molecule has 0 bridgehead atoms. The molecule has 30 heavy (non-hydrogen) atoms. The lowest BCUT2D eigenvalue weighted by Crippen LogP contribution is -2.16. The molecule has 0 fully saturated rings. The zero-order valence-electron chi connectivity index (χ0n) is 15.4. The van der Waals surface area contributed by atoms with Crippen LogP contribution in [0.25, 0.3) is 0 Å². The maximum atomic E-state index is 13.4. The lowest BCUT2D eigenvalue weighted by atomic mass is 10.2. The number of rotatable bonds is 6. The number of nitrogens with one attached hydrogen (secondary N) is 2. The first kappa shape index (κ1) is 22.0. The maximum Gasteiger partial charge on any atom is 0.262 e. The molecule has 3 rings (SSSR count). The van der Waals surface area contributed by atoms with Crippen LogP contribution in [0.15, 0.2) is 70.5 Å². The third-order valence-corrected chi connectivity index (χ3v) is 7.06. The average Bonchev–Trinajstić information content (AvgIpc) is 2.67. The van der Waals surface area contributed by atoms with E-state index in [0.29, 0.717) is 22.7 Å². The normalized spacial score (nSPS) is 11.9. The summed E-state index contributed by atoms with van der Waals surface area (Å²) in [6.07, 6.45) is 0. The van der Waals surface area contributed by atoms with Crippen molar-refractivity contribution in [2.45, 2.75) is 16.7 Å². The first-order valence-electron chi connectivity index (χ1n) is 8.35. The second kappa shape index (κ2) is 8.21. The molecule has 0 aromatic heterocycles. The number of hydrogen-bond donors (Lipinski definition) is 2. The van der Waals surface area contributed by atoms with Crippen molar-refractivity contribution < 1.29 is 25.6 Å². The van der Waals surface area contributed by atoms with Gasteiger partial charge in [-0.15, -0.1) is 0 Å². The number of sulfonamides is 2. The van der Waals surface area contributed by atoms with Gasteiger partial charge in [-0.2, -0.15) is 0 Å². The van der Waals surface area contributed by atoms with Crippen LogP contribution in [0.1, 0.15) is 5.56 Å². The fraction of sp³-hybridized carbons (Fsp3) is 0.0526. The zero-order valence-corrected chi connectivity index (χ0v) is 17.7. The molecule has 0 aliphatic rings. The third kappa shape index (κ3) is 4.89. The quantitative estimate of drug-likeness (QED) is 0.551. The van der Waals surface area contributed by atoms with Crippen LogP contribution in [0.5, 0.6) is 0 Å². The molecule has 3 aromatic carbocycles. The van der Waals surface area contributed by atoms with Crippen LogP contribution in [0.4, 0.5) is 20.2 Å². The molecular formula is C19H15ClF2N2O4S2. The van der Waals surface area contributed by atoms with Crippen LogP contribution in [-0.4, -0.2) is 16.8 Å². The Balaban J connectivity index is 1.92. The highest BCUT2D eigenvalue weighted by Crippen LogP contribution is 2.26. The monoisotopic (exact) mass is 472 g/mol. The Morgan fingerprint density at radius 2 is 1.30 bits per heavy atom. The summed E-state index contributed by atoms with van der Waals surface area (Å²) in [6.45, 7) is 1.56. The highest BCUT2D eigenvalue weighted by atomic mass is 35.5. The maximum absolute atomic E-state index is 13.4. The molecule has 0 unspecified atom stereocenters. The van der Waals surface area contributed by atoms with Crippen LogP contribution in [0.2, 0.25) is 5.02 Å². The van der Waals surface area contributed by atoms with Crippen molar-refractivity contribution in [3.63, 3.8) is 0 Å². The van der Waals surface area contributed by atoms with Crippen LogP contribution in [0, 0.1) is 18.6 Å². The fourth-order valence-electron chi connectivity index (χ4n) is 2.46. The van der Waals surface area contributed by atoms with Gasteiger partial charge in [-0.1, -0.05) is 17.7 Å². The van der Waals surface area contributed by atoms with Gasteiger partial charge in [0.05, 0.1) is 15.5 Å². The molecular weight excluding hydrogens is 458 g/mol. The van der Waals surface area contributed by atoms with E-state index in [1.54, 1.807) is 6.92 Å². The molecule has 0 heterocycles. The second-order valence-corrected chi connectivity index (χ2v) is 10.1. The number of hydrogen-bond acceptors (Lipinski definition) is 4. The Kier molecular flexibility index (Phi) is 6.02. The van der Waals surface area contributed by atoms with Crippen molar-refractivity contribution in [1.29, 1.82) is 0 Å². The van der Waals surface area contributed by atoms with Gasteiger partial charge in [0, 0.05) is 10.7 Å². The minimum Gasteiger partial charge on any atom is -0.280 e. The van der Waals surface area contributed by atoms with Gasteiger partial charge in [-0.3, -0.25) is 9.44 Å². The SMILES string of the molecule is Cc1ccc(S(=O)(=O)Nc2ccc(Cl)cc2)cc1NS(=O)(=O)c1ccc(F)c(F)c1. The van der Waals surface area contributed by atoms with Gasteiger partial charge >= 0.3 is 0 Å². The van der Waals surface area contributed by atoms with Gasteiger partial charge in [-0.25, -0.2) is 25.6 Å². The van der Waals surface area contributed by atoms with E-state index in [9.17, 15) is 25.6 Å². The Hall–Kier alpha value is -2.69. The summed E-state index contributed by atoms with van der Waals surface area (Å²) in [4.78, 5) is -0.709. The highest BCUT2D eigenvalue weighted by Gasteiger charge is 2.20. The van der Waals surface area contributed by atoms with Gasteiger partial charge in [0.15, 0.2) is 11.6 Å². The van der Waals surface area contributed by atoms with E-state index in [1.807, 2.05) is 0 Å². The molecule has 0 saturated carbocycles. The Labute approximate surface area is 177 Å². The number of benzene rings is 3. The van der Waals surface area contributed by atoms with E-state index in [0.717, 1.165) is 12.1 Å². The van der Waals surface area contributed by atoms with Crippen molar-refractivity contribution in [2.24, 2.45) is 0 Å². The van der Waals surface area contributed by atoms with Gasteiger partial charge in [0.25, 0.3) is 20.0 Å². The molecule has 0 aliphatic carbocycles. The molecule has 0 amide bonds. The van der Waals surface area contributed by atoms with E-state index in [4.69, 9.17) is 11.6 Å². The van der Waals surface area contributed by atoms with Gasteiger partial charge in [-0.05, 0) is 67.1 Å². The van der Waals surface area contributed by atoms with Crippen LogP contribution in [0.3, 0.4) is 0 Å². The van der Waals surface area contributed by atoms with Crippen LogP contribution < -0.4 is 9.44 Å². The largest absolute Gasteiger partial charge is 0.280 e. The van der Waals surface area contributed by atoms with Crippen LogP contribution in [-0.2, 0) is 20.0 Å². The minimum atomic E-state index is -4.29. The summed E-state index contributed by atoms with van der Waals surface area (Å²) in [5.74, 6) is -2.51. The lowest BCUT2D eigenvalue weighted by molar-refractivity contribution is 0.504. The first-order chi connectivity index (χ1) is 14.0. The van der Waals surface area contributed by atoms with E-state index in [2.05, 4.69) is 9.44 Å². The molecule has 11 heteroatoms. The summed E-state index contributed by atoms with van der Waals surface area (Å²) in [7, 11) is -8.32. The number of halogens is 3. The molecule has 6 nitrogen and oxygen atoms in total. The number of anilines is 2. The topological polar surface area (TPSA) is 92.3 Å². The summed E-state index contributed by atoms with van der Waals surface area (Å²) in [6, 6.07) is 11.9. The molecule has 0 saturated heterocycles. The van der Waals surface area contributed by atoms with Gasteiger partial charge in [0.2, 0.25) is 0 Å². The molecule has 0 radical (unpaired) electrons. The zero-order chi connectivity index (χ0) is 22.1. The molecule has 0 atom stereocenters.